The van der Waals surface area contributed by atoms with E-state index in [0.717, 1.165) is 11.4 Å². The van der Waals surface area contributed by atoms with Gasteiger partial charge in [-0.15, -0.1) is 11.3 Å². The second kappa shape index (κ2) is 8.15. The molecule has 2 aromatic rings. The first-order valence-corrected chi connectivity index (χ1v) is 8.90. The van der Waals surface area contributed by atoms with Crippen molar-refractivity contribution in [3.05, 3.63) is 45.8 Å². The Bertz CT molecular complexity index is 664. The van der Waals surface area contributed by atoms with E-state index in [2.05, 4.69) is 29.4 Å². The van der Waals surface area contributed by atoms with Crippen molar-refractivity contribution in [2.45, 2.75) is 39.9 Å². The van der Waals surface area contributed by atoms with Crippen molar-refractivity contribution in [1.29, 1.82) is 0 Å². The minimum Gasteiger partial charge on any atom is -0.363 e. The smallest absolute Gasteiger partial charge is 0.318 e. The number of rotatable bonds is 6. The molecule has 0 aliphatic carbocycles. The van der Waals surface area contributed by atoms with Crippen molar-refractivity contribution >= 4 is 23.2 Å². The SMILES string of the molecule is Cc1ccc(CN(C(=O)NCc2ccc(N(C)C)nc2)C(C)C)s1. The van der Waals surface area contributed by atoms with Gasteiger partial charge in [0.2, 0.25) is 0 Å². The summed E-state index contributed by atoms with van der Waals surface area (Å²) in [4.78, 5) is 23.2. The molecule has 1 N–H and O–H groups in total. The van der Waals surface area contributed by atoms with Crippen LogP contribution in [0.4, 0.5) is 10.6 Å². The van der Waals surface area contributed by atoms with Crippen molar-refractivity contribution in [3.63, 3.8) is 0 Å². The van der Waals surface area contributed by atoms with Gasteiger partial charge in [0.1, 0.15) is 5.82 Å². The van der Waals surface area contributed by atoms with Gasteiger partial charge in [0, 0.05) is 42.6 Å². The molecule has 0 saturated heterocycles. The molecule has 0 spiro atoms. The zero-order chi connectivity index (χ0) is 17.7. The number of carbonyl (C=O) groups is 1. The molecule has 0 saturated carbocycles. The molecule has 0 bridgehead atoms. The van der Waals surface area contributed by atoms with Crippen LogP contribution in [0.5, 0.6) is 0 Å². The molecule has 0 aliphatic rings. The van der Waals surface area contributed by atoms with E-state index in [9.17, 15) is 4.79 Å². The summed E-state index contributed by atoms with van der Waals surface area (Å²) in [5.74, 6) is 0.905. The van der Waals surface area contributed by atoms with Gasteiger partial charge in [-0.1, -0.05) is 6.07 Å². The summed E-state index contributed by atoms with van der Waals surface area (Å²) in [7, 11) is 3.91. The minimum absolute atomic E-state index is 0.0484. The van der Waals surface area contributed by atoms with Crippen LogP contribution in [0.3, 0.4) is 0 Å². The van der Waals surface area contributed by atoms with E-state index in [-0.39, 0.29) is 12.1 Å². The highest BCUT2D eigenvalue weighted by atomic mass is 32.1. The Labute approximate surface area is 148 Å². The molecule has 0 atom stereocenters. The van der Waals surface area contributed by atoms with Crippen molar-refractivity contribution in [2.24, 2.45) is 0 Å². The first-order chi connectivity index (χ1) is 11.4. The maximum atomic E-state index is 12.5. The molecule has 2 amide bonds. The van der Waals surface area contributed by atoms with E-state index in [1.165, 1.54) is 9.75 Å². The first kappa shape index (κ1) is 18.3. The van der Waals surface area contributed by atoms with E-state index >= 15 is 0 Å². The lowest BCUT2D eigenvalue weighted by Crippen LogP contribution is -2.43. The summed E-state index contributed by atoms with van der Waals surface area (Å²) in [5, 5.41) is 2.99. The quantitative estimate of drug-likeness (QED) is 0.869. The van der Waals surface area contributed by atoms with Crippen LogP contribution in [-0.2, 0) is 13.1 Å². The third kappa shape index (κ3) is 4.96. The molecule has 0 unspecified atom stereocenters. The molecule has 2 rings (SSSR count). The number of pyridine rings is 1. The molecule has 0 fully saturated rings. The second-order valence-electron chi connectivity index (χ2n) is 6.31. The van der Waals surface area contributed by atoms with Gasteiger partial charge in [0.05, 0.1) is 6.54 Å². The number of hydrogen-bond donors (Lipinski definition) is 1. The molecule has 0 aromatic carbocycles. The van der Waals surface area contributed by atoms with Gasteiger partial charge in [0.25, 0.3) is 0 Å². The summed E-state index contributed by atoms with van der Waals surface area (Å²) in [6.45, 7) is 7.27. The first-order valence-electron chi connectivity index (χ1n) is 8.09. The molecular weight excluding hydrogens is 320 g/mol. The number of nitrogens with one attached hydrogen (secondary N) is 1. The highest BCUT2D eigenvalue weighted by molar-refractivity contribution is 7.11. The van der Waals surface area contributed by atoms with Crippen LogP contribution in [0.25, 0.3) is 0 Å². The fourth-order valence-corrected chi connectivity index (χ4v) is 3.18. The number of hydrogen-bond acceptors (Lipinski definition) is 4. The maximum absolute atomic E-state index is 12.5. The highest BCUT2D eigenvalue weighted by Crippen LogP contribution is 2.18. The normalized spacial score (nSPS) is 10.8. The number of aryl methyl sites for hydroxylation is 1. The summed E-state index contributed by atoms with van der Waals surface area (Å²) in [5.41, 5.74) is 0.990. The van der Waals surface area contributed by atoms with Crippen molar-refractivity contribution in [2.75, 3.05) is 19.0 Å². The zero-order valence-electron chi connectivity index (χ0n) is 15.0. The lowest BCUT2D eigenvalue weighted by molar-refractivity contribution is 0.180. The van der Waals surface area contributed by atoms with E-state index in [1.54, 1.807) is 17.5 Å². The average Bonchev–Trinajstić information content (AvgIpc) is 2.95. The Kier molecular flexibility index (Phi) is 6.20. The number of anilines is 1. The predicted octanol–water partition coefficient (Wildman–Crippen LogP) is 3.64. The van der Waals surface area contributed by atoms with E-state index in [4.69, 9.17) is 0 Å². The van der Waals surface area contributed by atoms with Crippen molar-refractivity contribution < 1.29 is 4.79 Å². The van der Waals surface area contributed by atoms with E-state index in [1.807, 2.05) is 49.9 Å². The van der Waals surface area contributed by atoms with Gasteiger partial charge >= 0.3 is 6.03 Å². The summed E-state index contributed by atoms with van der Waals surface area (Å²) < 4.78 is 0. The predicted molar refractivity (Wildman–Crippen MR) is 101 cm³/mol. The van der Waals surface area contributed by atoms with Crippen LogP contribution >= 0.6 is 11.3 Å². The Morgan fingerprint density at radius 3 is 2.50 bits per heavy atom. The number of thiophene rings is 1. The number of carbonyl (C=O) groups excluding carboxylic acids is 1. The van der Waals surface area contributed by atoms with Crippen LogP contribution in [0, 0.1) is 6.92 Å². The molecule has 2 heterocycles. The minimum atomic E-state index is -0.0484. The monoisotopic (exact) mass is 346 g/mol. The Balaban J connectivity index is 1.95. The maximum Gasteiger partial charge on any atom is 0.318 e. The van der Waals surface area contributed by atoms with Crippen molar-refractivity contribution in [1.82, 2.24) is 15.2 Å². The zero-order valence-corrected chi connectivity index (χ0v) is 15.9. The fourth-order valence-electron chi connectivity index (χ4n) is 2.29. The lowest BCUT2D eigenvalue weighted by Gasteiger charge is -2.26. The second-order valence-corrected chi connectivity index (χ2v) is 7.68. The molecular formula is C18H26N4OS. The van der Waals surface area contributed by atoms with Gasteiger partial charge in [-0.3, -0.25) is 0 Å². The molecule has 5 nitrogen and oxygen atoms in total. The van der Waals surface area contributed by atoms with Gasteiger partial charge in [-0.05, 0) is 44.5 Å². The lowest BCUT2D eigenvalue weighted by atomic mass is 10.2. The molecule has 2 aromatic heterocycles. The number of amides is 2. The molecule has 24 heavy (non-hydrogen) atoms. The largest absolute Gasteiger partial charge is 0.363 e. The van der Waals surface area contributed by atoms with Gasteiger partial charge < -0.3 is 15.1 Å². The number of aromatic nitrogens is 1. The Morgan fingerprint density at radius 1 is 1.25 bits per heavy atom. The van der Waals surface area contributed by atoms with Crippen LogP contribution in [0.2, 0.25) is 0 Å². The summed E-state index contributed by atoms with van der Waals surface area (Å²) in [6, 6.07) is 8.22. The summed E-state index contributed by atoms with van der Waals surface area (Å²) in [6.07, 6.45) is 1.80. The van der Waals surface area contributed by atoms with Crippen LogP contribution in [-0.4, -0.2) is 36.1 Å². The average molecular weight is 347 g/mol. The standard InChI is InChI=1S/C18H26N4OS/c1-13(2)22(12-16-8-6-14(3)24-16)18(23)20-11-15-7-9-17(19-10-15)21(4)5/h6-10,13H,11-12H2,1-5H3,(H,20,23). The third-order valence-corrected chi connectivity index (χ3v) is 4.70. The van der Waals surface area contributed by atoms with Crippen LogP contribution in [0.1, 0.15) is 29.2 Å². The number of nitrogens with zero attached hydrogens (tertiary/aromatic N) is 3. The van der Waals surface area contributed by atoms with E-state index < -0.39 is 0 Å². The highest BCUT2D eigenvalue weighted by Gasteiger charge is 2.17. The third-order valence-electron chi connectivity index (χ3n) is 3.72. The van der Waals surface area contributed by atoms with Crippen molar-refractivity contribution in [3.8, 4) is 0 Å². The Morgan fingerprint density at radius 2 is 2.00 bits per heavy atom. The molecule has 0 radical (unpaired) electrons. The fraction of sp³-hybridized carbons (Fsp3) is 0.444. The van der Waals surface area contributed by atoms with E-state index in [0.29, 0.717) is 13.1 Å². The molecule has 130 valence electrons. The summed E-state index contributed by atoms with van der Waals surface area (Å²) >= 11 is 1.73. The van der Waals surface area contributed by atoms with Gasteiger partial charge in [-0.2, -0.15) is 0 Å². The Hall–Kier alpha value is -2.08. The van der Waals surface area contributed by atoms with Crippen LogP contribution in [0.15, 0.2) is 30.5 Å². The van der Waals surface area contributed by atoms with Gasteiger partial charge in [-0.25, -0.2) is 9.78 Å². The molecule has 6 heteroatoms. The van der Waals surface area contributed by atoms with Crippen LogP contribution < -0.4 is 10.2 Å². The van der Waals surface area contributed by atoms with Gasteiger partial charge in [0.15, 0.2) is 0 Å². The number of urea groups is 1. The molecule has 0 aliphatic heterocycles. The topological polar surface area (TPSA) is 48.5 Å².